The Labute approximate surface area is 154 Å². The van der Waals surface area contributed by atoms with Crippen molar-refractivity contribution in [2.75, 3.05) is 0 Å². The van der Waals surface area contributed by atoms with E-state index in [4.69, 9.17) is 0 Å². The summed E-state index contributed by atoms with van der Waals surface area (Å²) in [5, 5.41) is 4.07. The van der Waals surface area contributed by atoms with Gasteiger partial charge in [0.2, 0.25) is 0 Å². The fourth-order valence-corrected chi connectivity index (χ4v) is 2.89. The zero-order chi connectivity index (χ0) is 17.8. The summed E-state index contributed by atoms with van der Waals surface area (Å²) >= 11 is 3.45. The van der Waals surface area contributed by atoms with E-state index in [-0.39, 0.29) is 5.91 Å². The van der Waals surface area contributed by atoms with Gasteiger partial charge in [0.1, 0.15) is 0 Å². The van der Waals surface area contributed by atoms with Crippen molar-refractivity contribution < 1.29 is 4.79 Å². The highest BCUT2D eigenvalue weighted by molar-refractivity contribution is 9.10. The van der Waals surface area contributed by atoms with Gasteiger partial charge in [0.25, 0.3) is 5.91 Å². The molecular weight excluding hydrogens is 380 g/mol. The maximum absolute atomic E-state index is 12.0. The number of hydrazone groups is 1. The molecule has 1 N–H and O–H groups in total. The SMILES string of the molecule is Cc1cc(/C=N\NC(=O)c2cccnc2)c(C)n1-c1ccc(Br)cc1. The first-order valence-electron chi connectivity index (χ1n) is 7.74. The topological polar surface area (TPSA) is 59.3 Å². The van der Waals surface area contributed by atoms with Crippen LogP contribution in [0.2, 0.25) is 0 Å². The van der Waals surface area contributed by atoms with Crippen molar-refractivity contribution in [2.24, 2.45) is 5.10 Å². The summed E-state index contributed by atoms with van der Waals surface area (Å²) in [5.41, 5.74) is 7.18. The number of amides is 1. The summed E-state index contributed by atoms with van der Waals surface area (Å²) in [6.45, 7) is 4.07. The van der Waals surface area contributed by atoms with Crippen LogP contribution in [-0.2, 0) is 0 Å². The molecule has 3 rings (SSSR count). The van der Waals surface area contributed by atoms with Crippen LogP contribution in [0, 0.1) is 13.8 Å². The molecule has 0 saturated carbocycles. The van der Waals surface area contributed by atoms with Crippen LogP contribution >= 0.6 is 15.9 Å². The van der Waals surface area contributed by atoms with Gasteiger partial charge in [0, 0.05) is 39.5 Å². The van der Waals surface area contributed by atoms with Crippen LogP contribution in [0.3, 0.4) is 0 Å². The number of benzene rings is 1. The third kappa shape index (κ3) is 3.85. The molecule has 0 unspecified atom stereocenters. The van der Waals surface area contributed by atoms with E-state index < -0.39 is 0 Å². The lowest BCUT2D eigenvalue weighted by atomic mass is 10.2. The van der Waals surface area contributed by atoms with E-state index >= 15 is 0 Å². The van der Waals surface area contributed by atoms with E-state index in [1.807, 2.05) is 32.0 Å². The summed E-state index contributed by atoms with van der Waals surface area (Å²) in [6, 6.07) is 13.6. The number of aryl methyl sites for hydroxylation is 1. The van der Waals surface area contributed by atoms with Crippen molar-refractivity contribution in [3.05, 3.63) is 81.8 Å². The fraction of sp³-hybridized carbons (Fsp3) is 0.105. The predicted octanol–water partition coefficient (Wildman–Crippen LogP) is 4.02. The number of aromatic nitrogens is 2. The Morgan fingerprint density at radius 3 is 2.68 bits per heavy atom. The minimum absolute atomic E-state index is 0.286. The van der Waals surface area contributed by atoms with E-state index in [2.05, 4.69) is 48.1 Å². The van der Waals surface area contributed by atoms with Gasteiger partial charge in [-0.15, -0.1) is 0 Å². The van der Waals surface area contributed by atoms with E-state index in [0.717, 1.165) is 27.1 Å². The lowest BCUT2D eigenvalue weighted by Crippen LogP contribution is -2.17. The molecule has 0 aliphatic heterocycles. The summed E-state index contributed by atoms with van der Waals surface area (Å²) < 4.78 is 3.19. The molecule has 2 aromatic heterocycles. The third-order valence-corrected chi connectivity index (χ3v) is 4.38. The first kappa shape index (κ1) is 17.1. The Bertz CT molecular complexity index is 915. The Morgan fingerprint density at radius 2 is 2.00 bits per heavy atom. The van der Waals surface area contributed by atoms with Gasteiger partial charge < -0.3 is 4.57 Å². The molecule has 3 aromatic rings. The summed E-state index contributed by atoms with van der Waals surface area (Å²) in [6.07, 6.45) is 4.78. The average Bonchev–Trinajstić information content (AvgIpc) is 2.90. The quantitative estimate of drug-likeness (QED) is 0.534. The molecule has 0 atom stereocenters. The molecule has 0 fully saturated rings. The fourth-order valence-electron chi connectivity index (χ4n) is 2.63. The van der Waals surface area contributed by atoms with Gasteiger partial charge in [-0.05, 0) is 56.3 Å². The normalized spacial score (nSPS) is 11.0. The molecular formula is C19H17BrN4O. The number of carbonyl (C=O) groups excluding carboxylic acids is 1. The summed E-state index contributed by atoms with van der Waals surface area (Å²) in [7, 11) is 0. The van der Waals surface area contributed by atoms with Crippen molar-refractivity contribution in [1.29, 1.82) is 0 Å². The summed E-state index contributed by atoms with van der Waals surface area (Å²) in [5.74, 6) is -0.286. The van der Waals surface area contributed by atoms with Crippen molar-refractivity contribution in [1.82, 2.24) is 15.0 Å². The minimum atomic E-state index is -0.286. The predicted molar refractivity (Wildman–Crippen MR) is 102 cm³/mol. The van der Waals surface area contributed by atoms with Crippen molar-refractivity contribution in [3.63, 3.8) is 0 Å². The molecule has 0 saturated heterocycles. The Morgan fingerprint density at radius 1 is 1.24 bits per heavy atom. The van der Waals surface area contributed by atoms with Crippen LogP contribution < -0.4 is 5.43 Å². The van der Waals surface area contributed by atoms with E-state index in [0.29, 0.717) is 5.56 Å². The number of carbonyl (C=O) groups is 1. The second kappa shape index (κ2) is 7.44. The number of rotatable bonds is 4. The molecule has 0 radical (unpaired) electrons. The van der Waals surface area contributed by atoms with Crippen LogP contribution in [0.15, 0.2) is 64.4 Å². The monoisotopic (exact) mass is 396 g/mol. The first-order chi connectivity index (χ1) is 12.1. The lowest BCUT2D eigenvalue weighted by Gasteiger charge is -2.09. The molecule has 0 spiro atoms. The van der Waals surface area contributed by atoms with Crippen LogP contribution in [0.5, 0.6) is 0 Å². The van der Waals surface area contributed by atoms with Gasteiger partial charge in [0.15, 0.2) is 0 Å². The van der Waals surface area contributed by atoms with Gasteiger partial charge in [-0.2, -0.15) is 5.10 Å². The Kier molecular flexibility index (Phi) is 5.09. The zero-order valence-corrected chi connectivity index (χ0v) is 15.5. The number of nitrogens with one attached hydrogen (secondary N) is 1. The Hall–Kier alpha value is -2.73. The minimum Gasteiger partial charge on any atom is -0.318 e. The number of hydrogen-bond donors (Lipinski definition) is 1. The standard InChI is InChI=1S/C19H17BrN4O/c1-13-10-16(12-22-23-19(25)15-4-3-9-21-11-15)14(2)24(13)18-7-5-17(20)6-8-18/h3-12H,1-2H3,(H,23,25)/b22-12-. The number of halogens is 1. The highest BCUT2D eigenvalue weighted by Gasteiger charge is 2.09. The second-order valence-corrected chi connectivity index (χ2v) is 6.49. The van der Waals surface area contributed by atoms with E-state index in [9.17, 15) is 4.79 Å². The number of hydrogen-bond acceptors (Lipinski definition) is 3. The molecule has 126 valence electrons. The highest BCUT2D eigenvalue weighted by atomic mass is 79.9. The zero-order valence-electron chi connectivity index (χ0n) is 13.9. The van der Waals surface area contributed by atoms with Gasteiger partial charge in [-0.3, -0.25) is 9.78 Å². The van der Waals surface area contributed by atoms with Gasteiger partial charge >= 0.3 is 0 Å². The van der Waals surface area contributed by atoms with Crippen LogP contribution in [0.1, 0.15) is 27.3 Å². The third-order valence-electron chi connectivity index (χ3n) is 3.85. The first-order valence-corrected chi connectivity index (χ1v) is 8.54. The van der Waals surface area contributed by atoms with Gasteiger partial charge in [-0.1, -0.05) is 15.9 Å². The average molecular weight is 397 g/mol. The molecule has 0 aliphatic carbocycles. The lowest BCUT2D eigenvalue weighted by molar-refractivity contribution is 0.0955. The van der Waals surface area contributed by atoms with Gasteiger partial charge in [-0.25, -0.2) is 5.43 Å². The summed E-state index contributed by atoms with van der Waals surface area (Å²) in [4.78, 5) is 15.9. The highest BCUT2D eigenvalue weighted by Crippen LogP contribution is 2.21. The molecule has 1 aromatic carbocycles. The molecule has 1 amide bonds. The smallest absolute Gasteiger partial charge is 0.272 e. The molecule has 0 aliphatic rings. The molecule has 2 heterocycles. The molecule has 0 bridgehead atoms. The second-order valence-electron chi connectivity index (χ2n) is 5.58. The van der Waals surface area contributed by atoms with Crippen LogP contribution in [0.25, 0.3) is 5.69 Å². The van der Waals surface area contributed by atoms with Crippen LogP contribution in [0.4, 0.5) is 0 Å². The maximum atomic E-state index is 12.0. The van der Waals surface area contributed by atoms with E-state index in [1.54, 1.807) is 24.5 Å². The van der Waals surface area contributed by atoms with Gasteiger partial charge in [0.05, 0.1) is 11.8 Å². The van der Waals surface area contributed by atoms with Crippen molar-refractivity contribution >= 4 is 28.1 Å². The number of nitrogens with zero attached hydrogens (tertiary/aromatic N) is 3. The molecule has 6 heteroatoms. The van der Waals surface area contributed by atoms with Crippen LogP contribution in [-0.4, -0.2) is 21.7 Å². The molecule has 5 nitrogen and oxygen atoms in total. The van der Waals surface area contributed by atoms with E-state index in [1.165, 1.54) is 6.20 Å². The van der Waals surface area contributed by atoms with Crippen molar-refractivity contribution in [2.45, 2.75) is 13.8 Å². The largest absolute Gasteiger partial charge is 0.318 e. The number of pyridine rings is 1. The Balaban J connectivity index is 1.79. The van der Waals surface area contributed by atoms with Crippen molar-refractivity contribution in [3.8, 4) is 5.69 Å². The molecule has 25 heavy (non-hydrogen) atoms. The maximum Gasteiger partial charge on any atom is 0.272 e.